The Bertz CT molecular complexity index is 618. The van der Waals surface area contributed by atoms with Crippen molar-refractivity contribution in [3.8, 4) is 5.75 Å². The molecule has 0 aliphatic carbocycles. The number of ether oxygens (including phenoxy) is 2. The monoisotopic (exact) mass is 277 g/mol. The number of carbonyl (C=O) groups is 1. The van der Waals surface area contributed by atoms with Crippen LogP contribution in [0.15, 0.2) is 24.4 Å². The Labute approximate surface area is 117 Å². The average molecular weight is 277 g/mol. The zero-order valence-electron chi connectivity index (χ0n) is 11.9. The molecular weight excluding hydrogens is 258 g/mol. The summed E-state index contributed by atoms with van der Waals surface area (Å²) in [5.41, 5.74) is 1.43. The fourth-order valence-electron chi connectivity index (χ4n) is 2.34. The van der Waals surface area contributed by atoms with Gasteiger partial charge in [0.25, 0.3) is 0 Å². The Morgan fingerprint density at radius 3 is 2.75 bits per heavy atom. The number of aliphatic hydroxyl groups excluding tert-OH is 1. The van der Waals surface area contributed by atoms with Gasteiger partial charge < -0.3 is 19.1 Å². The molecule has 5 heteroatoms. The molecule has 0 fully saturated rings. The molecule has 1 heterocycles. The van der Waals surface area contributed by atoms with Gasteiger partial charge in [0.2, 0.25) is 0 Å². The van der Waals surface area contributed by atoms with Gasteiger partial charge in [-0.2, -0.15) is 0 Å². The van der Waals surface area contributed by atoms with E-state index in [9.17, 15) is 9.90 Å². The minimum absolute atomic E-state index is 0.236. The van der Waals surface area contributed by atoms with Crippen molar-refractivity contribution in [2.24, 2.45) is 0 Å². The summed E-state index contributed by atoms with van der Waals surface area (Å²) in [4.78, 5) is 11.8. The molecule has 0 radical (unpaired) electrons. The summed E-state index contributed by atoms with van der Waals surface area (Å²) < 4.78 is 12.2. The smallest absolute Gasteiger partial charge is 0.339 e. The molecular formula is C15H19NO4. The highest BCUT2D eigenvalue weighted by Crippen LogP contribution is 2.34. The van der Waals surface area contributed by atoms with E-state index < -0.39 is 12.1 Å². The van der Waals surface area contributed by atoms with E-state index in [1.807, 2.05) is 29.7 Å². The highest BCUT2D eigenvalue weighted by atomic mass is 16.5. The van der Waals surface area contributed by atoms with E-state index in [0.717, 1.165) is 17.4 Å². The second kappa shape index (κ2) is 5.96. The second-order valence-electron chi connectivity index (χ2n) is 4.38. The quantitative estimate of drug-likeness (QED) is 0.852. The number of hydrogen-bond donors (Lipinski definition) is 1. The topological polar surface area (TPSA) is 60.7 Å². The highest BCUT2D eigenvalue weighted by Gasteiger charge is 2.25. The molecule has 1 N–H and O–H groups in total. The molecule has 108 valence electrons. The van der Waals surface area contributed by atoms with Gasteiger partial charge in [0, 0.05) is 23.7 Å². The van der Waals surface area contributed by atoms with Crippen molar-refractivity contribution in [3.05, 3.63) is 30.0 Å². The van der Waals surface area contributed by atoms with Crippen molar-refractivity contribution >= 4 is 16.9 Å². The summed E-state index contributed by atoms with van der Waals surface area (Å²) in [5.74, 6) is -0.0124. The number of aromatic nitrogens is 1. The lowest BCUT2D eigenvalue weighted by molar-refractivity contribution is -0.153. The molecule has 2 rings (SSSR count). The molecule has 0 saturated carbocycles. The fraction of sp³-hybridized carbons (Fsp3) is 0.400. The van der Waals surface area contributed by atoms with E-state index in [4.69, 9.17) is 9.47 Å². The molecule has 1 atom stereocenters. The zero-order chi connectivity index (χ0) is 14.7. The van der Waals surface area contributed by atoms with Crippen LogP contribution in [0.25, 0.3) is 10.9 Å². The lowest BCUT2D eigenvalue weighted by Crippen LogP contribution is -2.15. The molecule has 1 aromatic heterocycles. The minimum Gasteiger partial charge on any atom is -0.496 e. The number of fused-ring (bicyclic) bond motifs is 1. The average Bonchev–Trinajstić information content (AvgIpc) is 2.85. The number of hydrogen-bond acceptors (Lipinski definition) is 4. The minimum atomic E-state index is -1.30. The van der Waals surface area contributed by atoms with Crippen LogP contribution in [0.5, 0.6) is 5.75 Å². The number of aliphatic hydroxyl groups is 1. The second-order valence-corrected chi connectivity index (χ2v) is 4.38. The van der Waals surface area contributed by atoms with E-state index in [2.05, 4.69) is 0 Å². The van der Waals surface area contributed by atoms with Gasteiger partial charge in [-0.25, -0.2) is 4.79 Å². The third kappa shape index (κ3) is 2.36. The van der Waals surface area contributed by atoms with Crippen molar-refractivity contribution in [1.82, 2.24) is 4.57 Å². The van der Waals surface area contributed by atoms with Crippen LogP contribution in [0.3, 0.4) is 0 Å². The Morgan fingerprint density at radius 2 is 2.15 bits per heavy atom. The standard InChI is InChI=1S/C15H19NO4/c1-4-16-9-10(14(17)15(18)20-5-2)13-11(16)7-6-8-12(13)19-3/h6-9,14,17H,4-5H2,1-3H3. The SMILES string of the molecule is CCOC(=O)C(O)c1cn(CC)c2cccc(OC)c12. The van der Waals surface area contributed by atoms with Gasteiger partial charge >= 0.3 is 5.97 Å². The third-order valence-corrected chi connectivity index (χ3v) is 3.26. The molecule has 2 aromatic rings. The van der Waals surface area contributed by atoms with E-state index in [1.165, 1.54) is 0 Å². The van der Waals surface area contributed by atoms with E-state index in [1.54, 1.807) is 20.2 Å². The maximum Gasteiger partial charge on any atom is 0.339 e. The normalized spacial score (nSPS) is 12.4. The summed E-state index contributed by atoms with van der Waals surface area (Å²) in [5, 5.41) is 11.0. The van der Waals surface area contributed by atoms with Gasteiger partial charge in [-0.1, -0.05) is 6.07 Å². The number of nitrogens with zero attached hydrogens (tertiary/aromatic N) is 1. The van der Waals surface area contributed by atoms with Crippen molar-refractivity contribution < 1.29 is 19.4 Å². The number of benzene rings is 1. The van der Waals surface area contributed by atoms with Crippen molar-refractivity contribution in [3.63, 3.8) is 0 Å². The molecule has 0 saturated heterocycles. The predicted octanol–water partition coefficient (Wildman–Crippen LogP) is 2.27. The molecule has 0 aliphatic rings. The van der Waals surface area contributed by atoms with Crippen LogP contribution in [0.2, 0.25) is 0 Å². The number of rotatable bonds is 5. The first kappa shape index (κ1) is 14.4. The number of esters is 1. The van der Waals surface area contributed by atoms with Crippen molar-refractivity contribution in [2.45, 2.75) is 26.5 Å². The Hall–Kier alpha value is -2.01. The summed E-state index contributed by atoms with van der Waals surface area (Å²) in [7, 11) is 1.57. The van der Waals surface area contributed by atoms with E-state index in [0.29, 0.717) is 11.3 Å². The molecule has 0 amide bonds. The zero-order valence-corrected chi connectivity index (χ0v) is 11.9. The Morgan fingerprint density at radius 1 is 1.40 bits per heavy atom. The van der Waals surface area contributed by atoms with Crippen LogP contribution in [0, 0.1) is 0 Å². The van der Waals surface area contributed by atoms with Crippen LogP contribution in [0.4, 0.5) is 0 Å². The summed E-state index contributed by atoms with van der Waals surface area (Å²) >= 11 is 0. The van der Waals surface area contributed by atoms with Gasteiger partial charge in [-0.05, 0) is 26.0 Å². The first-order valence-corrected chi connectivity index (χ1v) is 6.64. The summed E-state index contributed by atoms with van der Waals surface area (Å²) in [6.07, 6.45) is 0.468. The van der Waals surface area contributed by atoms with E-state index >= 15 is 0 Å². The van der Waals surface area contributed by atoms with Gasteiger partial charge in [0.05, 0.1) is 19.2 Å². The van der Waals surface area contributed by atoms with Gasteiger partial charge in [-0.3, -0.25) is 0 Å². The molecule has 1 unspecified atom stereocenters. The molecule has 5 nitrogen and oxygen atoms in total. The number of methoxy groups -OCH3 is 1. The van der Waals surface area contributed by atoms with Crippen LogP contribution >= 0.6 is 0 Å². The lowest BCUT2D eigenvalue weighted by atomic mass is 10.1. The molecule has 0 spiro atoms. The fourth-order valence-corrected chi connectivity index (χ4v) is 2.34. The largest absolute Gasteiger partial charge is 0.496 e. The van der Waals surface area contributed by atoms with Gasteiger partial charge in [0.15, 0.2) is 6.10 Å². The first-order chi connectivity index (χ1) is 9.63. The lowest BCUT2D eigenvalue weighted by Gasteiger charge is -2.10. The Kier molecular flexibility index (Phi) is 4.29. The first-order valence-electron chi connectivity index (χ1n) is 6.64. The number of carbonyl (C=O) groups excluding carboxylic acids is 1. The van der Waals surface area contributed by atoms with Gasteiger partial charge in [-0.15, -0.1) is 0 Å². The van der Waals surface area contributed by atoms with Crippen LogP contribution in [-0.4, -0.2) is 29.4 Å². The molecule has 1 aromatic carbocycles. The van der Waals surface area contributed by atoms with Crippen molar-refractivity contribution in [1.29, 1.82) is 0 Å². The van der Waals surface area contributed by atoms with Crippen molar-refractivity contribution in [2.75, 3.05) is 13.7 Å². The van der Waals surface area contributed by atoms with E-state index in [-0.39, 0.29) is 6.61 Å². The molecule has 0 aliphatic heterocycles. The summed E-state index contributed by atoms with van der Waals surface area (Å²) in [6.45, 7) is 4.68. The summed E-state index contributed by atoms with van der Waals surface area (Å²) in [6, 6.07) is 5.63. The maximum atomic E-state index is 11.8. The van der Waals surface area contributed by atoms with Crippen LogP contribution in [0.1, 0.15) is 25.5 Å². The highest BCUT2D eigenvalue weighted by molar-refractivity contribution is 5.94. The Balaban J connectivity index is 2.60. The number of aryl methyl sites for hydroxylation is 1. The maximum absolute atomic E-state index is 11.8. The predicted molar refractivity (Wildman–Crippen MR) is 75.8 cm³/mol. The van der Waals surface area contributed by atoms with Gasteiger partial charge in [0.1, 0.15) is 5.75 Å². The van der Waals surface area contributed by atoms with Crippen LogP contribution in [-0.2, 0) is 16.1 Å². The molecule has 20 heavy (non-hydrogen) atoms. The molecule has 0 bridgehead atoms. The third-order valence-electron chi connectivity index (χ3n) is 3.26. The van der Waals surface area contributed by atoms with Crippen LogP contribution < -0.4 is 4.74 Å².